The molecule has 0 amide bonds. The first-order chi connectivity index (χ1) is 8.67. The second kappa shape index (κ2) is 4.67. The molecule has 2 unspecified atom stereocenters. The third-order valence-corrected chi connectivity index (χ3v) is 4.90. The predicted octanol–water partition coefficient (Wildman–Crippen LogP) is 2.56. The van der Waals surface area contributed by atoms with E-state index in [4.69, 9.17) is 9.47 Å². The van der Waals surface area contributed by atoms with E-state index in [0.717, 1.165) is 35.7 Å². The SMILES string of the molecule is CC1CC(O)(c2ccc3c(c2)OCCCO3)CS1. The number of thioether (sulfide) groups is 1. The molecule has 0 aromatic heterocycles. The van der Waals surface area contributed by atoms with Gasteiger partial charge in [-0.1, -0.05) is 13.0 Å². The Balaban J connectivity index is 1.92. The van der Waals surface area contributed by atoms with E-state index in [1.54, 1.807) is 0 Å². The molecule has 0 aliphatic carbocycles. The monoisotopic (exact) mass is 266 g/mol. The highest BCUT2D eigenvalue weighted by Crippen LogP contribution is 2.43. The number of hydrogen-bond donors (Lipinski definition) is 1. The lowest BCUT2D eigenvalue weighted by molar-refractivity contribution is 0.0609. The van der Waals surface area contributed by atoms with Gasteiger partial charge in [-0.25, -0.2) is 0 Å². The van der Waals surface area contributed by atoms with Crippen molar-refractivity contribution in [2.75, 3.05) is 19.0 Å². The molecule has 2 atom stereocenters. The Labute approximate surface area is 111 Å². The molecule has 18 heavy (non-hydrogen) atoms. The van der Waals surface area contributed by atoms with E-state index in [1.165, 1.54) is 0 Å². The molecular formula is C14H18O3S. The quantitative estimate of drug-likeness (QED) is 0.848. The molecule has 4 heteroatoms. The van der Waals surface area contributed by atoms with Crippen LogP contribution < -0.4 is 9.47 Å². The zero-order chi connectivity index (χ0) is 12.6. The third kappa shape index (κ3) is 2.19. The van der Waals surface area contributed by atoms with Crippen molar-refractivity contribution < 1.29 is 14.6 Å². The summed E-state index contributed by atoms with van der Waals surface area (Å²) in [4.78, 5) is 0. The second-order valence-electron chi connectivity index (χ2n) is 5.07. The average molecular weight is 266 g/mol. The lowest BCUT2D eigenvalue weighted by atomic mass is 9.91. The third-order valence-electron chi connectivity index (χ3n) is 3.52. The molecule has 3 nitrogen and oxygen atoms in total. The minimum absolute atomic E-state index is 0.506. The minimum atomic E-state index is -0.714. The molecule has 0 spiro atoms. The molecule has 3 rings (SSSR count). The van der Waals surface area contributed by atoms with E-state index >= 15 is 0 Å². The van der Waals surface area contributed by atoms with Gasteiger partial charge in [0.2, 0.25) is 0 Å². The molecule has 0 saturated carbocycles. The Morgan fingerprint density at radius 2 is 2.06 bits per heavy atom. The van der Waals surface area contributed by atoms with Gasteiger partial charge in [-0.05, 0) is 24.1 Å². The van der Waals surface area contributed by atoms with Crippen LogP contribution in [0, 0.1) is 0 Å². The maximum Gasteiger partial charge on any atom is 0.161 e. The van der Waals surface area contributed by atoms with Crippen LogP contribution >= 0.6 is 11.8 Å². The van der Waals surface area contributed by atoms with Crippen molar-refractivity contribution in [3.05, 3.63) is 23.8 Å². The molecular weight excluding hydrogens is 248 g/mol. The van der Waals surface area contributed by atoms with Gasteiger partial charge in [0.25, 0.3) is 0 Å². The molecule has 1 saturated heterocycles. The van der Waals surface area contributed by atoms with Crippen LogP contribution in [0.25, 0.3) is 0 Å². The van der Waals surface area contributed by atoms with Crippen molar-refractivity contribution in [3.8, 4) is 11.5 Å². The molecule has 1 fully saturated rings. The number of fused-ring (bicyclic) bond motifs is 1. The van der Waals surface area contributed by atoms with E-state index in [1.807, 2.05) is 30.0 Å². The Morgan fingerprint density at radius 1 is 1.28 bits per heavy atom. The average Bonchev–Trinajstić information content (AvgIpc) is 2.60. The standard InChI is InChI=1S/C14H18O3S/c1-10-8-14(15,9-18-10)11-3-4-12-13(7-11)17-6-2-5-16-12/h3-4,7,10,15H,2,5-6,8-9H2,1H3. The summed E-state index contributed by atoms with van der Waals surface area (Å²) < 4.78 is 11.3. The smallest absolute Gasteiger partial charge is 0.161 e. The zero-order valence-electron chi connectivity index (χ0n) is 10.5. The summed E-state index contributed by atoms with van der Waals surface area (Å²) in [6.45, 7) is 3.54. The van der Waals surface area contributed by atoms with E-state index in [9.17, 15) is 5.11 Å². The summed E-state index contributed by atoms with van der Waals surface area (Å²) in [7, 11) is 0. The number of aliphatic hydroxyl groups is 1. The molecule has 0 radical (unpaired) electrons. The fourth-order valence-corrected chi connectivity index (χ4v) is 3.77. The Bertz CT molecular complexity index is 449. The van der Waals surface area contributed by atoms with Gasteiger partial charge in [-0.2, -0.15) is 11.8 Å². The molecule has 2 aliphatic rings. The summed E-state index contributed by atoms with van der Waals surface area (Å²) in [6, 6.07) is 5.83. The Morgan fingerprint density at radius 3 is 2.78 bits per heavy atom. The van der Waals surface area contributed by atoms with Gasteiger partial charge in [0.15, 0.2) is 11.5 Å². The van der Waals surface area contributed by atoms with E-state index < -0.39 is 5.60 Å². The molecule has 0 bridgehead atoms. The summed E-state index contributed by atoms with van der Waals surface area (Å²) in [5.74, 6) is 2.31. The van der Waals surface area contributed by atoms with Crippen molar-refractivity contribution in [2.45, 2.75) is 30.6 Å². The first-order valence-electron chi connectivity index (χ1n) is 6.41. The van der Waals surface area contributed by atoms with Crippen LogP contribution in [0.5, 0.6) is 11.5 Å². The lowest BCUT2D eigenvalue weighted by Crippen LogP contribution is -2.25. The molecule has 2 aliphatic heterocycles. The van der Waals surface area contributed by atoms with Crippen LogP contribution in [-0.4, -0.2) is 29.3 Å². The maximum atomic E-state index is 10.7. The summed E-state index contributed by atoms with van der Waals surface area (Å²) >= 11 is 1.82. The van der Waals surface area contributed by atoms with Gasteiger partial charge in [-0.3, -0.25) is 0 Å². The van der Waals surface area contributed by atoms with Crippen LogP contribution in [0.3, 0.4) is 0 Å². The Kier molecular flexibility index (Phi) is 3.16. The highest BCUT2D eigenvalue weighted by atomic mass is 32.2. The second-order valence-corrected chi connectivity index (χ2v) is 6.50. The normalized spacial score (nSPS) is 31.1. The summed E-state index contributed by atoms with van der Waals surface area (Å²) in [6.07, 6.45) is 1.71. The maximum absolute atomic E-state index is 10.7. The number of benzene rings is 1. The highest BCUT2D eigenvalue weighted by Gasteiger charge is 2.38. The van der Waals surface area contributed by atoms with Gasteiger partial charge in [-0.15, -0.1) is 0 Å². The number of ether oxygens (including phenoxy) is 2. The van der Waals surface area contributed by atoms with Crippen molar-refractivity contribution in [1.82, 2.24) is 0 Å². The van der Waals surface area contributed by atoms with Crippen LogP contribution in [0.4, 0.5) is 0 Å². The number of rotatable bonds is 1. The number of hydrogen-bond acceptors (Lipinski definition) is 4. The highest BCUT2D eigenvalue weighted by molar-refractivity contribution is 8.00. The minimum Gasteiger partial charge on any atom is -0.490 e. The van der Waals surface area contributed by atoms with E-state index in [0.29, 0.717) is 18.5 Å². The van der Waals surface area contributed by atoms with Crippen LogP contribution in [0.2, 0.25) is 0 Å². The van der Waals surface area contributed by atoms with Crippen molar-refractivity contribution in [2.24, 2.45) is 0 Å². The Hall–Kier alpha value is -0.870. The first kappa shape index (κ1) is 12.2. The van der Waals surface area contributed by atoms with E-state index in [-0.39, 0.29) is 0 Å². The van der Waals surface area contributed by atoms with Gasteiger partial charge in [0.1, 0.15) is 0 Å². The molecule has 1 aromatic carbocycles. The molecule has 98 valence electrons. The largest absolute Gasteiger partial charge is 0.490 e. The van der Waals surface area contributed by atoms with Gasteiger partial charge in [0, 0.05) is 17.4 Å². The zero-order valence-corrected chi connectivity index (χ0v) is 11.3. The summed E-state index contributed by atoms with van der Waals surface area (Å²) in [5, 5.41) is 11.2. The molecule has 1 N–H and O–H groups in total. The van der Waals surface area contributed by atoms with Crippen molar-refractivity contribution in [1.29, 1.82) is 0 Å². The van der Waals surface area contributed by atoms with Crippen molar-refractivity contribution in [3.63, 3.8) is 0 Å². The lowest BCUT2D eigenvalue weighted by Gasteiger charge is -2.23. The van der Waals surface area contributed by atoms with Crippen LogP contribution in [-0.2, 0) is 5.60 Å². The van der Waals surface area contributed by atoms with Crippen LogP contribution in [0.15, 0.2) is 18.2 Å². The topological polar surface area (TPSA) is 38.7 Å². The van der Waals surface area contributed by atoms with Gasteiger partial charge >= 0.3 is 0 Å². The fourth-order valence-electron chi connectivity index (χ4n) is 2.53. The molecule has 1 aromatic rings. The predicted molar refractivity (Wildman–Crippen MR) is 72.5 cm³/mol. The van der Waals surface area contributed by atoms with E-state index in [2.05, 4.69) is 6.92 Å². The van der Waals surface area contributed by atoms with Gasteiger partial charge < -0.3 is 14.6 Å². The first-order valence-corrected chi connectivity index (χ1v) is 7.46. The van der Waals surface area contributed by atoms with Gasteiger partial charge in [0.05, 0.1) is 18.8 Å². The van der Waals surface area contributed by atoms with Crippen LogP contribution in [0.1, 0.15) is 25.3 Å². The molecule has 2 heterocycles. The fraction of sp³-hybridized carbons (Fsp3) is 0.571. The summed E-state index contributed by atoms with van der Waals surface area (Å²) in [5.41, 5.74) is 0.234. The van der Waals surface area contributed by atoms with Crippen molar-refractivity contribution >= 4 is 11.8 Å².